The van der Waals surface area contributed by atoms with Gasteiger partial charge in [0.15, 0.2) is 0 Å². The van der Waals surface area contributed by atoms with Crippen LogP contribution in [-0.2, 0) is 38.1 Å². The van der Waals surface area contributed by atoms with Crippen LogP contribution in [0, 0.1) is 11.6 Å². The van der Waals surface area contributed by atoms with Gasteiger partial charge in [0, 0.05) is 68.7 Å². The molecular formula is C21H28F2N6O5S2. The number of hydrogen-bond acceptors (Lipinski definition) is 8. The van der Waals surface area contributed by atoms with Crippen LogP contribution in [0.15, 0.2) is 24.4 Å². The van der Waals surface area contributed by atoms with Crippen molar-refractivity contribution in [3.8, 4) is 0 Å². The Balaban J connectivity index is 1.22. The zero-order valence-corrected chi connectivity index (χ0v) is 21.3. The number of nitrogens with zero attached hydrogens (tertiary/aromatic N) is 5. The lowest BCUT2D eigenvalue weighted by Crippen LogP contribution is -2.51. The molecule has 1 aromatic carbocycles. The SMILES string of the molecule is CS(=O)(=O)N1CCN(S(=O)(=O)n2cc3c(n2)CN([C@H]2CO[C@H](c4cc(F)ccc4F)[C@@H](N)C2)C3)CC1. The molecule has 11 nitrogen and oxygen atoms in total. The van der Waals surface area contributed by atoms with Crippen LogP contribution < -0.4 is 5.73 Å². The standard InChI is InChI=1S/C21H28F2N6O5S2/c1-35(30,31)27-4-6-28(7-5-27)36(32,33)29-11-14-10-26(12-20(14)25-29)16-9-19(24)21(34-13-16)17-8-15(22)2-3-18(17)23/h2-3,8,11,16,19,21H,4-7,9-10,12-13,24H2,1H3/t16-,19+,21-/m1/s1. The van der Waals surface area contributed by atoms with E-state index in [1.54, 1.807) is 0 Å². The monoisotopic (exact) mass is 546 g/mol. The van der Waals surface area contributed by atoms with E-state index in [0.29, 0.717) is 25.2 Å². The minimum Gasteiger partial charge on any atom is -0.370 e. The molecule has 2 N–H and O–H groups in total. The van der Waals surface area contributed by atoms with Gasteiger partial charge < -0.3 is 10.5 Å². The van der Waals surface area contributed by atoms with Gasteiger partial charge in [-0.15, -0.1) is 0 Å². The molecule has 4 heterocycles. The number of hydrogen-bond donors (Lipinski definition) is 1. The van der Waals surface area contributed by atoms with E-state index in [0.717, 1.165) is 34.1 Å². The zero-order valence-electron chi connectivity index (χ0n) is 19.6. The van der Waals surface area contributed by atoms with E-state index in [-0.39, 0.29) is 44.4 Å². The Morgan fingerprint density at radius 3 is 2.39 bits per heavy atom. The molecule has 3 aliphatic heterocycles. The van der Waals surface area contributed by atoms with Crippen LogP contribution in [0.1, 0.15) is 29.3 Å². The third-order valence-electron chi connectivity index (χ3n) is 6.99. The van der Waals surface area contributed by atoms with E-state index in [9.17, 15) is 25.6 Å². The summed E-state index contributed by atoms with van der Waals surface area (Å²) in [6.07, 6.45) is 2.33. The van der Waals surface area contributed by atoms with E-state index in [4.69, 9.17) is 10.5 Å². The smallest absolute Gasteiger partial charge is 0.323 e. The molecule has 15 heteroatoms. The van der Waals surface area contributed by atoms with E-state index >= 15 is 0 Å². The van der Waals surface area contributed by atoms with Crippen LogP contribution in [0.3, 0.4) is 0 Å². The molecule has 0 amide bonds. The number of aromatic nitrogens is 2. The van der Waals surface area contributed by atoms with Gasteiger partial charge >= 0.3 is 10.2 Å². The first-order valence-electron chi connectivity index (χ1n) is 11.5. The number of nitrogens with two attached hydrogens (primary N) is 1. The van der Waals surface area contributed by atoms with Crippen molar-refractivity contribution in [1.82, 2.24) is 22.7 Å². The molecule has 3 atom stereocenters. The number of ether oxygens (including phenoxy) is 1. The van der Waals surface area contributed by atoms with Crippen molar-refractivity contribution in [2.45, 2.75) is 37.7 Å². The van der Waals surface area contributed by atoms with Gasteiger partial charge in [-0.05, 0) is 24.6 Å². The van der Waals surface area contributed by atoms with Gasteiger partial charge in [0.1, 0.15) is 17.7 Å². The van der Waals surface area contributed by atoms with Gasteiger partial charge in [-0.2, -0.15) is 26.2 Å². The lowest BCUT2D eigenvalue weighted by Gasteiger charge is -2.38. The van der Waals surface area contributed by atoms with Crippen molar-refractivity contribution < 1.29 is 30.4 Å². The summed E-state index contributed by atoms with van der Waals surface area (Å²) in [5, 5.41) is 4.30. The Morgan fingerprint density at radius 2 is 1.75 bits per heavy atom. The van der Waals surface area contributed by atoms with Crippen LogP contribution >= 0.6 is 0 Å². The van der Waals surface area contributed by atoms with Crippen molar-refractivity contribution in [3.05, 3.63) is 52.9 Å². The lowest BCUT2D eigenvalue weighted by molar-refractivity contribution is -0.0533. The molecule has 0 aliphatic carbocycles. The normalized spacial score (nSPS) is 26.8. The highest BCUT2D eigenvalue weighted by molar-refractivity contribution is 7.88. The lowest BCUT2D eigenvalue weighted by atomic mass is 9.93. The van der Waals surface area contributed by atoms with Crippen molar-refractivity contribution in [3.63, 3.8) is 0 Å². The summed E-state index contributed by atoms with van der Waals surface area (Å²) in [7, 11) is -7.29. The van der Waals surface area contributed by atoms with Gasteiger partial charge in [0.2, 0.25) is 10.0 Å². The number of halogens is 2. The predicted molar refractivity (Wildman–Crippen MR) is 125 cm³/mol. The second-order valence-corrected chi connectivity index (χ2v) is 13.2. The summed E-state index contributed by atoms with van der Waals surface area (Å²) in [4.78, 5) is 2.08. The molecule has 1 aromatic heterocycles. The zero-order chi connectivity index (χ0) is 25.8. The number of benzene rings is 1. The van der Waals surface area contributed by atoms with Crippen LogP contribution in [0.4, 0.5) is 8.78 Å². The van der Waals surface area contributed by atoms with Crippen molar-refractivity contribution in [2.24, 2.45) is 5.73 Å². The predicted octanol–water partition coefficient (Wildman–Crippen LogP) is 0.00450. The molecule has 5 rings (SSSR count). The number of fused-ring (bicyclic) bond motifs is 1. The maximum Gasteiger partial charge on any atom is 0.323 e. The summed E-state index contributed by atoms with van der Waals surface area (Å²) >= 11 is 0. The molecule has 0 bridgehead atoms. The molecule has 2 aromatic rings. The van der Waals surface area contributed by atoms with Crippen molar-refractivity contribution in [2.75, 3.05) is 39.0 Å². The van der Waals surface area contributed by atoms with Crippen molar-refractivity contribution in [1.29, 1.82) is 0 Å². The highest BCUT2D eigenvalue weighted by Gasteiger charge is 2.38. The highest BCUT2D eigenvalue weighted by Crippen LogP contribution is 2.34. The minimum absolute atomic E-state index is 0.0520. The highest BCUT2D eigenvalue weighted by atomic mass is 32.2. The molecule has 0 unspecified atom stereocenters. The van der Waals surface area contributed by atoms with Crippen LogP contribution in [0.5, 0.6) is 0 Å². The number of piperazine rings is 1. The van der Waals surface area contributed by atoms with E-state index in [1.807, 2.05) is 0 Å². The molecule has 3 aliphatic rings. The first kappa shape index (κ1) is 25.6. The first-order valence-corrected chi connectivity index (χ1v) is 14.8. The average Bonchev–Trinajstić information content (AvgIpc) is 3.40. The van der Waals surface area contributed by atoms with Gasteiger partial charge in [0.05, 0.1) is 18.6 Å². The number of sulfonamides is 1. The maximum absolute atomic E-state index is 14.2. The fourth-order valence-corrected chi connectivity index (χ4v) is 7.18. The summed E-state index contributed by atoms with van der Waals surface area (Å²) in [6.45, 7) is 1.41. The van der Waals surface area contributed by atoms with Crippen LogP contribution in [-0.4, -0.2) is 90.7 Å². The van der Waals surface area contributed by atoms with Crippen LogP contribution in [0.25, 0.3) is 0 Å². The third kappa shape index (κ3) is 4.80. The number of rotatable bonds is 5. The Labute approximate surface area is 208 Å². The molecule has 2 saturated heterocycles. The fourth-order valence-electron chi connectivity index (χ4n) is 5.03. The first-order chi connectivity index (χ1) is 16.9. The maximum atomic E-state index is 14.2. The largest absolute Gasteiger partial charge is 0.370 e. The topological polar surface area (TPSA) is 131 Å². The minimum atomic E-state index is -3.92. The second-order valence-electron chi connectivity index (χ2n) is 9.42. The van der Waals surface area contributed by atoms with Crippen LogP contribution in [0.2, 0.25) is 0 Å². The third-order valence-corrected chi connectivity index (χ3v) is 9.97. The average molecular weight is 547 g/mol. The molecule has 0 spiro atoms. The molecule has 0 radical (unpaired) electrons. The summed E-state index contributed by atoms with van der Waals surface area (Å²) in [6, 6.07) is 2.59. The Kier molecular flexibility index (Phi) is 6.68. The van der Waals surface area contributed by atoms with Gasteiger partial charge in [-0.25, -0.2) is 17.2 Å². The van der Waals surface area contributed by atoms with Crippen molar-refractivity contribution >= 4 is 20.2 Å². The fraction of sp³-hybridized carbons (Fsp3) is 0.571. The summed E-state index contributed by atoms with van der Waals surface area (Å²) in [5.74, 6) is -1.12. The van der Waals surface area contributed by atoms with E-state index < -0.39 is 44.0 Å². The molecule has 198 valence electrons. The Bertz CT molecular complexity index is 1340. The summed E-state index contributed by atoms with van der Waals surface area (Å²) in [5.41, 5.74) is 7.77. The van der Waals surface area contributed by atoms with Gasteiger partial charge in [-0.1, -0.05) is 0 Å². The Hall–Kier alpha value is -2.01. The van der Waals surface area contributed by atoms with E-state index in [2.05, 4.69) is 10.00 Å². The van der Waals surface area contributed by atoms with Gasteiger partial charge in [0.25, 0.3) is 0 Å². The van der Waals surface area contributed by atoms with E-state index in [1.165, 1.54) is 14.8 Å². The van der Waals surface area contributed by atoms with Gasteiger partial charge in [-0.3, -0.25) is 4.90 Å². The molecule has 0 saturated carbocycles. The quantitative estimate of drug-likeness (QED) is 0.555. The molecule has 2 fully saturated rings. The second kappa shape index (κ2) is 9.38. The Morgan fingerprint density at radius 1 is 1.06 bits per heavy atom. The summed E-state index contributed by atoms with van der Waals surface area (Å²) < 4.78 is 86.6. The molecular weight excluding hydrogens is 518 g/mol. The molecule has 36 heavy (non-hydrogen) atoms.